The molecule has 0 spiro atoms. The predicted molar refractivity (Wildman–Crippen MR) is 112 cm³/mol. The topological polar surface area (TPSA) is 48.4 Å². The standard InChI is InChI=1S/C19H21BrNO3PS/c1-2-23-25(22,24-13-5-12-20)14-15-8-10-16(11-9-15)19-21-17-6-3-4-7-18(17)26-19/h3-4,6-11H,2,5,12-14H2,1H3. The molecule has 0 saturated heterocycles. The number of fused-ring (bicyclic) bond motifs is 1. The third-order valence-electron chi connectivity index (χ3n) is 3.76. The summed E-state index contributed by atoms with van der Waals surface area (Å²) in [6, 6.07) is 16.1. The molecule has 4 nitrogen and oxygen atoms in total. The number of alkyl halides is 1. The van der Waals surface area contributed by atoms with Crippen LogP contribution in [0.2, 0.25) is 0 Å². The minimum absolute atomic E-state index is 0.281. The molecule has 0 aliphatic heterocycles. The summed E-state index contributed by atoms with van der Waals surface area (Å²) in [6.45, 7) is 2.62. The van der Waals surface area contributed by atoms with Crippen LogP contribution in [0.15, 0.2) is 48.5 Å². The van der Waals surface area contributed by atoms with Gasteiger partial charge in [0.15, 0.2) is 0 Å². The van der Waals surface area contributed by atoms with Gasteiger partial charge in [0.2, 0.25) is 0 Å². The van der Waals surface area contributed by atoms with Crippen molar-refractivity contribution in [1.29, 1.82) is 0 Å². The van der Waals surface area contributed by atoms with Gasteiger partial charge < -0.3 is 9.05 Å². The van der Waals surface area contributed by atoms with Crippen molar-refractivity contribution in [2.24, 2.45) is 0 Å². The fraction of sp³-hybridized carbons (Fsp3) is 0.316. The number of halogens is 1. The van der Waals surface area contributed by atoms with Crippen molar-refractivity contribution in [3.05, 3.63) is 54.1 Å². The summed E-state index contributed by atoms with van der Waals surface area (Å²) >= 11 is 5.02. The lowest BCUT2D eigenvalue weighted by atomic mass is 10.2. The van der Waals surface area contributed by atoms with Crippen LogP contribution in [0.1, 0.15) is 18.9 Å². The van der Waals surface area contributed by atoms with Crippen molar-refractivity contribution in [3.63, 3.8) is 0 Å². The van der Waals surface area contributed by atoms with Gasteiger partial charge in [-0.2, -0.15) is 0 Å². The van der Waals surface area contributed by atoms with E-state index in [0.717, 1.165) is 33.4 Å². The van der Waals surface area contributed by atoms with Gasteiger partial charge in [-0.25, -0.2) is 4.98 Å². The van der Waals surface area contributed by atoms with E-state index in [1.54, 1.807) is 11.3 Å². The average molecular weight is 454 g/mol. The maximum Gasteiger partial charge on any atom is 0.335 e. The number of aromatic nitrogens is 1. The van der Waals surface area contributed by atoms with Crippen LogP contribution in [0.4, 0.5) is 0 Å². The Morgan fingerprint density at radius 2 is 1.88 bits per heavy atom. The average Bonchev–Trinajstić information content (AvgIpc) is 3.07. The Kier molecular flexibility index (Phi) is 7.01. The van der Waals surface area contributed by atoms with Gasteiger partial charge >= 0.3 is 7.60 Å². The number of nitrogens with zero attached hydrogens (tertiary/aromatic N) is 1. The largest absolute Gasteiger partial charge is 0.335 e. The quantitative estimate of drug-likeness (QED) is 0.211. The SMILES string of the molecule is CCOP(=O)(Cc1ccc(-c2nc3ccccc3s2)cc1)OCCCBr. The zero-order chi connectivity index (χ0) is 18.4. The molecule has 0 N–H and O–H groups in total. The molecule has 1 unspecified atom stereocenters. The van der Waals surface area contributed by atoms with Gasteiger partial charge in [0, 0.05) is 10.9 Å². The monoisotopic (exact) mass is 453 g/mol. The van der Waals surface area contributed by atoms with Crippen LogP contribution in [-0.4, -0.2) is 23.5 Å². The number of rotatable bonds is 9. The van der Waals surface area contributed by atoms with Crippen molar-refractivity contribution < 1.29 is 13.6 Å². The third-order valence-corrected chi connectivity index (χ3v) is 7.39. The highest BCUT2D eigenvalue weighted by molar-refractivity contribution is 9.09. The van der Waals surface area contributed by atoms with Crippen LogP contribution in [0.3, 0.4) is 0 Å². The van der Waals surface area contributed by atoms with Gasteiger partial charge in [-0.3, -0.25) is 4.57 Å². The Bertz CT molecular complexity index is 864. The van der Waals surface area contributed by atoms with E-state index in [4.69, 9.17) is 9.05 Å². The first kappa shape index (κ1) is 19.7. The zero-order valence-corrected chi connectivity index (χ0v) is 17.9. The van der Waals surface area contributed by atoms with Gasteiger partial charge in [0.1, 0.15) is 5.01 Å². The molecular weight excluding hydrogens is 433 g/mol. The summed E-state index contributed by atoms with van der Waals surface area (Å²) in [5, 5.41) is 1.80. The second kappa shape index (κ2) is 9.25. The molecule has 1 heterocycles. The summed E-state index contributed by atoms with van der Waals surface area (Å²) < 4.78 is 25.0. The van der Waals surface area contributed by atoms with Gasteiger partial charge in [-0.1, -0.05) is 52.3 Å². The van der Waals surface area contributed by atoms with E-state index in [9.17, 15) is 4.57 Å². The molecule has 2 aromatic carbocycles. The Morgan fingerprint density at radius 3 is 2.58 bits per heavy atom. The molecule has 0 fully saturated rings. The van der Waals surface area contributed by atoms with E-state index in [2.05, 4.69) is 27.0 Å². The predicted octanol–water partition coefficient (Wildman–Crippen LogP) is 6.49. The molecule has 26 heavy (non-hydrogen) atoms. The maximum absolute atomic E-state index is 12.9. The van der Waals surface area contributed by atoms with E-state index in [1.807, 2.05) is 49.4 Å². The molecule has 3 aromatic rings. The summed E-state index contributed by atoms with van der Waals surface area (Å²) in [6.07, 6.45) is 1.08. The van der Waals surface area contributed by atoms with Crippen molar-refractivity contribution in [2.75, 3.05) is 18.5 Å². The first-order chi connectivity index (χ1) is 12.6. The van der Waals surface area contributed by atoms with E-state index in [0.29, 0.717) is 13.2 Å². The van der Waals surface area contributed by atoms with E-state index in [1.165, 1.54) is 4.70 Å². The van der Waals surface area contributed by atoms with E-state index < -0.39 is 7.60 Å². The molecule has 138 valence electrons. The second-order valence-corrected chi connectivity index (χ2v) is 9.62. The highest BCUT2D eigenvalue weighted by atomic mass is 79.9. The molecule has 0 aliphatic carbocycles. The molecule has 0 amide bonds. The van der Waals surface area contributed by atoms with Gasteiger partial charge in [-0.05, 0) is 31.0 Å². The molecule has 1 aromatic heterocycles. The van der Waals surface area contributed by atoms with Crippen molar-refractivity contribution >= 4 is 45.1 Å². The molecular formula is C19H21BrNO3PS. The summed E-state index contributed by atoms with van der Waals surface area (Å²) in [4.78, 5) is 4.68. The minimum Gasteiger partial charge on any atom is -0.309 e. The number of hydrogen-bond donors (Lipinski definition) is 0. The first-order valence-electron chi connectivity index (χ1n) is 8.52. The fourth-order valence-corrected chi connectivity index (χ4v) is 5.47. The van der Waals surface area contributed by atoms with Crippen molar-refractivity contribution in [2.45, 2.75) is 19.5 Å². The molecule has 0 saturated carbocycles. The number of benzene rings is 2. The number of para-hydroxylation sites is 1. The highest BCUT2D eigenvalue weighted by Gasteiger charge is 2.24. The van der Waals surface area contributed by atoms with Crippen LogP contribution in [0.5, 0.6) is 0 Å². The highest BCUT2D eigenvalue weighted by Crippen LogP contribution is 2.51. The maximum atomic E-state index is 12.9. The normalized spacial score (nSPS) is 13.8. The first-order valence-corrected chi connectivity index (χ1v) is 12.2. The Hall–Kier alpha value is -1.04. The smallest absolute Gasteiger partial charge is 0.309 e. The third kappa shape index (κ3) is 5.02. The molecule has 1 atom stereocenters. The lowest BCUT2D eigenvalue weighted by molar-refractivity contribution is 0.211. The van der Waals surface area contributed by atoms with Crippen molar-refractivity contribution in [1.82, 2.24) is 4.98 Å². The molecule has 0 radical (unpaired) electrons. The van der Waals surface area contributed by atoms with E-state index >= 15 is 0 Å². The molecule has 3 rings (SSSR count). The van der Waals surface area contributed by atoms with Gasteiger partial charge in [0.05, 0.1) is 29.6 Å². The molecule has 0 aliphatic rings. The summed E-state index contributed by atoms with van der Waals surface area (Å²) in [5.74, 6) is 0. The Labute approximate surface area is 166 Å². The number of hydrogen-bond acceptors (Lipinski definition) is 5. The lowest BCUT2D eigenvalue weighted by Gasteiger charge is -2.17. The van der Waals surface area contributed by atoms with Crippen LogP contribution < -0.4 is 0 Å². The number of thiazole rings is 1. The van der Waals surface area contributed by atoms with Crippen LogP contribution in [0, 0.1) is 0 Å². The van der Waals surface area contributed by atoms with Crippen LogP contribution >= 0.6 is 34.9 Å². The van der Waals surface area contributed by atoms with Crippen LogP contribution in [0.25, 0.3) is 20.8 Å². The summed E-state index contributed by atoms with van der Waals surface area (Å²) in [5.41, 5.74) is 3.00. The fourth-order valence-electron chi connectivity index (χ4n) is 2.56. The van der Waals surface area contributed by atoms with Crippen LogP contribution in [-0.2, 0) is 19.8 Å². The van der Waals surface area contributed by atoms with E-state index in [-0.39, 0.29) is 6.16 Å². The molecule has 7 heteroatoms. The van der Waals surface area contributed by atoms with Crippen molar-refractivity contribution in [3.8, 4) is 10.6 Å². The lowest BCUT2D eigenvalue weighted by Crippen LogP contribution is -2.01. The Morgan fingerprint density at radius 1 is 1.12 bits per heavy atom. The minimum atomic E-state index is -3.12. The Balaban J connectivity index is 1.74. The van der Waals surface area contributed by atoms with Gasteiger partial charge in [-0.15, -0.1) is 11.3 Å². The second-order valence-electron chi connectivity index (χ2n) is 5.75. The van der Waals surface area contributed by atoms with Gasteiger partial charge in [0.25, 0.3) is 0 Å². The molecule has 0 bridgehead atoms. The zero-order valence-electron chi connectivity index (χ0n) is 14.6. The summed E-state index contributed by atoms with van der Waals surface area (Å²) in [7, 11) is -3.12.